The number of amides is 1. The second-order valence-corrected chi connectivity index (χ2v) is 3.64. The Morgan fingerprint density at radius 1 is 1.35 bits per heavy atom. The topological polar surface area (TPSA) is 78.0 Å². The zero-order chi connectivity index (χ0) is 12.4. The molecule has 2 aromatic rings. The highest BCUT2D eigenvalue weighted by Crippen LogP contribution is 2.12. The van der Waals surface area contributed by atoms with Crippen LogP contribution in [0.25, 0.3) is 5.69 Å². The van der Waals surface area contributed by atoms with Crippen molar-refractivity contribution in [3.05, 3.63) is 58.0 Å². The van der Waals surface area contributed by atoms with E-state index in [1.165, 1.54) is 16.9 Å². The van der Waals surface area contributed by atoms with Crippen molar-refractivity contribution in [2.75, 3.05) is 0 Å². The number of benzene rings is 1. The third-order valence-corrected chi connectivity index (χ3v) is 2.45. The predicted molar refractivity (Wildman–Crippen MR) is 63.1 cm³/mol. The first-order valence-corrected chi connectivity index (χ1v) is 5.05. The van der Waals surface area contributed by atoms with Gasteiger partial charge in [0.05, 0.1) is 5.69 Å². The summed E-state index contributed by atoms with van der Waals surface area (Å²) in [6.07, 6.45) is 1.51. The van der Waals surface area contributed by atoms with E-state index >= 15 is 0 Å². The van der Waals surface area contributed by atoms with Crippen LogP contribution in [0.4, 0.5) is 0 Å². The summed E-state index contributed by atoms with van der Waals surface area (Å²) in [5, 5.41) is 3.93. The van der Waals surface area contributed by atoms with Crippen LogP contribution in [0.5, 0.6) is 0 Å². The van der Waals surface area contributed by atoms with Crippen LogP contribution in [0.15, 0.2) is 41.3 Å². The molecule has 1 aromatic carbocycles. The molecule has 1 aromatic heterocycles. The number of carbonyl (C=O) groups is 1. The SMILES string of the molecule is Cc1ccc(-n2ncccc2=O)cc1C(N)=O. The molecule has 0 fully saturated rings. The van der Waals surface area contributed by atoms with Crippen LogP contribution in [-0.4, -0.2) is 15.7 Å². The number of hydrogen-bond acceptors (Lipinski definition) is 3. The molecule has 0 spiro atoms. The number of rotatable bonds is 2. The van der Waals surface area contributed by atoms with E-state index in [1.807, 2.05) is 0 Å². The van der Waals surface area contributed by atoms with Gasteiger partial charge in [0, 0.05) is 17.8 Å². The Labute approximate surface area is 97.5 Å². The Balaban J connectivity index is 2.62. The summed E-state index contributed by atoms with van der Waals surface area (Å²) < 4.78 is 1.21. The van der Waals surface area contributed by atoms with Crippen molar-refractivity contribution in [2.24, 2.45) is 5.73 Å². The number of nitrogens with two attached hydrogens (primary N) is 1. The van der Waals surface area contributed by atoms with Crippen molar-refractivity contribution in [3.63, 3.8) is 0 Å². The zero-order valence-corrected chi connectivity index (χ0v) is 9.25. The Morgan fingerprint density at radius 2 is 2.12 bits per heavy atom. The van der Waals surface area contributed by atoms with Crippen LogP contribution in [0.3, 0.4) is 0 Å². The lowest BCUT2D eigenvalue weighted by Crippen LogP contribution is -2.20. The second kappa shape index (κ2) is 4.21. The van der Waals surface area contributed by atoms with Gasteiger partial charge in [-0.3, -0.25) is 9.59 Å². The van der Waals surface area contributed by atoms with Crippen LogP contribution < -0.4 is 11.3 Å². The predicted octanol–water partition coefficient (Wildman–Crippen LogP) is 0.640. The van der Waals surface area contributed by atoms with Crippen molar-refractivity contribution in [3.8, 4) is 5.69 Å². The van der Waals surface area contributed by atoms with Gasteiger partial charge in [0.15, 0.2) is 0 Å². The normalized spacial score (nSPS) is 10.2. The summed E-state index contributed by atoms with van der Waals surface area (Å²) >= 11 is 0. The van der Waals surface area contributed by atoms with Gasteiger partial charge in [-0.25, -0.2) is 0 Å². The molecule has 0 aliphatic carbocycles. The van der Waals surface area contributed by atoms with Gasteiger partial charge < -0.3 is 5.73 Å². The maximum absolute atomic E-state index is 11.6. The van der Waals surface area contributed by atoms with Crippen molar-refractivity contribution in [1.82, 2.24) is 9.78 Å². The van der Waals surface area contributed by atoms with E-state index in [-0.39, 0.29) is 5.56 Å². The molecular weight excluding hydrogens is 218 g/mol. The van der Waals surface area contributed by atoms with Crippen LogP contribution in [0.2, 0.25) is 0 Å². The van der Waals surface area contributed by atoms with E-state index in [1.54, 1.807) is 31.2 Å². The maximum Gasteiger partial charge on any atom is 0.271 e. The van der Waals surface area contributed by atoms with Crippen LogP contribution in [-0.2, 0) is 0 Å². The molecule has 0 saturated carbocycles. The first-order valence-electron chi connectivity index (χ1n) is 5.05. The Kier molecular flexibility index (Phi) is 2.74. The largest absolute Gasteiger partial charge is 0.366 e. The van der Waals surface area contributed by atoms with Gasteiger partial charge in [-0.2, -0.15) is 9.78 Å². The minimum atomic E-state index is -0.520. The highest BCUT2D eigenvalue weighted by molar-refractivity contribution is 5.94. The summed E-state index contributed by atoms with van der Waals surface area (Å²) in [7, 11) is 0. The molecule has 5 heteroatoms. The number of aromatic nitrogens is 2. The van der Waals surface area contributed by atoms with E-state index in [0.29, 0.717) is 11.3 Å². The lowest BCUT2D eigenvalue weighted by molar-refractivity contribution is 0.0999. The Morgan fingerprint density at radius 3 is 2.76 bits per heavy atom. The van der Waals surface area contributed by atoms with Crippen LogP contribution in [0, 0.1) is 6.92 Å². The highest BCUT2D eigenvalue weighted by Gasteiger charge is 2.08. The van der Waals surface area contributed by atoms with Gasteiger partial charge in [0.25, 0.3) is 5.56 Å². The monoisotopic (exact) mass is 229 g/mol. The summed E-state index contributed by atoms with van der Waals surface area (Å²) in [6, 6.07) is 7.97. The van der Waals surface area contributed by atoms with E-state index < -0.39 is 5.91 Å². The van der Waals surface area contributed by atoms with Gasteiger partial charge in [0.1, 0.15) is 0 Å². The van der Waals surface area contributed by atoms with E-state index in [4.69, 9.17) is 5.73 Å². The number of carbonyl (C=O) groups excluding carboxylic acids is 1. The molecule has 86 valence electrons. The number of hydrogen-bond donors (Lipinski definition) is 1. The number of nitrogens with zero attached hydrogens (tertiary/aromatic N) is 2. The lowest BCUT2D eigenvalue weighted by atomic mass is 10.1. The van der Waals surface area contributed by atoms with E-state index in [0.717, 1.165) is 5.56 Å². The van der Waals surface area contributed by atoms with Crippen molar-refractivity contribution < 1.29 is 4.79 Å². The van der Waals surface area contributed by atoms with Crippen molar-refractivity contribution >= 4 is 5.91 Å². The summed E-state index contributed by atoms with van der Waals surface area (Å²) in [5.41, 5.74) is 6.68. The van der Waals surface area contributed by atoms with Gasteiger partial charge in [-0.15, -0.1) is 0 Å². The van der Waals surface area contributed by atoms with E-state index in [2.05, 4.69) is 5.10 Å². The minimum Gasteiger partial charge on any atom is -0.366 e. The maximum atomic E-state index is 11.6. The van der Waals surface area contributed by atoms with Gasteiger partial charge in [-0.1, -0.05) is 6.07 Å². The fourth-order valence-corrected chi connectivity index (χ4v) is 1.56. The molecule has 0 radical (unpaired) electrons. The van der Waals surface area contributed by atoms with Crippen LogP contribution in [0.1, 0.15) is 15.9 Å². The molecule has 2 N–H and O–H groups in total. The fraction of sp³-hybridized carbons (Fsp3) is 0.0833. The third-order valence-electron chi connectivity index (χ3n) is 2.45. The smallest absolute Gasteiger partial charge is 0.271 e. The quantitative estimate of drug-likeness (QED) is 0.820. The van der Waals surface area contributed by atoms with Gasteiger partial charge in [-0.05, 0) is 30.7 Å². The third kappa shape index (κ3) is 2.08. The molecule has 0 bridgehead atoms. The fourth-order valence-electron chi connectivity index (χ4n) is 1.56. The molecule has 1 amide bonds. The van der Waals surface area contributed by atoms with Gasteiger partial charge >= 0.3 is 0 Å². The molecule has 0 atom stereocenters. The molecular formula is C12H11N3O2. The standard InChI is InChI=1S/C12H11N3O2/c1-8-4-5-9(7-10(8)12(13)17)15-11(16)3-2-6-14-15/h2-7H,1H3,(H2,13,17). The summed E-state index contributed by atoms with van der Waals surface area (Å²) in [5.74, 6) is -0.520. The Bertz CT molecular complexity index is 632. The average molecular weight is 229 g/mol. The molecule has 17 heavy (non-hydrogen) atoms. The highest BCUT2D eigenvalue weighted by atomic mass is 16.1. The summed E-state index contributed by atoms with van der Waals surface area (Å²) in [6.45, 7) is 1.78. The number of aryl methyl sites for hydroxylation is 1. The van der Waals surface area contributed by atoms with Gasteiger partial charge in [0.2, 0.25) is 5.91 Å². The second-order valence-electron chi connectivity index (χ2n) is 3.64. The molecule has 1 heterocycles. The summed E-state index contributed by atoms with van der Waals surface area (Å²) in [4.78, 5) is 22.8. The molecule has 0 aliphatic heterocycles. The van der Waals surface area contributed by atoms with E-state index in [9.17, 15) is 9.59 Å². The molecule has 5 nitrogen and oxygen atoms in total. The first kappa shape index (κ1) is 11.1. The average Bonchev–Trinajstić information content (AvgIpc) is 2.30. The Hall–Kier alpha value is -2.43. The molecule has 0 saturated heterocycles. The molecule has 0 aliphatic rings. The molecule has 0 unspecified atom stereocenters. The minimum absolute atomic E-state index is 0.258. The zero-order valence-electron chi connectivity index (χ0n) is 9.25. The number of primary amides is 1. The molecule has 2 rings (SSSR count). The lowest BCUT2D eigenvalue weighted by Gasteiger charge is -2.07. The van der Waals surface area contributed by atoms with Crippen LogP contribution >= 0.6 is 0 Å². The van der Waals surface area contributed by atoms with Crippen molar-refractivity contribution in [1.29, 1.82) is 0 Å². The van der Waals surface area contributed by atoms with Crippen molar-refractivity contribution in [2.45, 2.75) is 6.92 Å². The first-order chi connectivity index (χ1) is 8.09.